The van der Waals surface area contributed by atoms with E-state index in [1.165, 1.54) is 23.5 Å². The van der Waals surface area contributed by atoms with Crippen molar-refractivity contribution in [2.45, 2.75) is 31.8 Å². The van der Waals surface area contributed by atoms with Crippen LogP contribution < -0.4 is 5.73 Å². The Morgan fingerprint density at radius 1 is 1.38 bits per heavy atom. The van der Waals surface area contributed by atoms with Gasteiger partial charge in [-0.05, 0) is 37.9 Å². The van der Waals surface area contributed by atoms with E-state index in [-0.39, 0.29) is 24.2 Å². The predicted molar refractivity (Wildman–Crippen MR) is 100 cm³/mol. The van der Waals surface area contributed by atoms with Gasteiger partial charge in [-0.1, -0.05) is 12.1 Å². The zero-order chi connectivity index (χ0) is 18.4. The molecule has 0 saturated carbocycles. The lowest BCUT2D eigenvalue weighted by Crippen LogP contribution is -2.41. The van der Waals surface area contributed by atoms with E-state index in [2.05, 4.69) is 4.98 Å². The second-order valence-corrected chi connectivity index (χ2v) is 7.28. The number of likely N-dealkylation sites (tertiary alicyclic amines) is 1. The molecule has 1 aromatic heterocycles. The second kappa shape index (κ2) is 9.21. The normalized spacial score (nSPS) is 15.4. The molecule has 1 aliphatic rings. The van der Waals surface area contributed by atoms with Gasteiger partial charge in [0, 0.05) is 30.6 Å². The molecule has 0 radical (unpaired) electrons. The largest absolute Gasteiger partial charge is 0.378 e. The molecule has 0 atom stereocenters. The number of ether oxygens (including phenoxy) is 1. The number of rotatable bonds is 7. The summed E-state index contributed by atoms with van der Waals surface area (Å²) in [6, 6.07) is 6.35. The van der Waals surface area contributed by atoms with E-state index in [0.717, 1.165) is 35.5 Å². The molecule has 0 aliphatic carbocycles. The van der Waals surface area contributed by atoms with Crippen LogP contribution in [0.1, 0.15) is 25.0 Å². The number of benzene rings is 1. The van der Waals surface area contributed by atoms with Gasteiger partial charge in [-0.25, -0.2) is 9.37 Å². The number of carbonyl (C=O) groups is 1. The molecule has 1 fully saturated rings. The molecule has 5 nitrogen and oxygen atoms in total. The molecule has 2 aromatic rings. The number of carbonyl (C=O) groups excluding carboxylic acids is 1. The van der Waals surface area contributed by atoms with Crippen molar-refractivity contribution in [1.29, 1.82) is 0 Å². The van der Waals surface area contributed by atoms with Crippen LogP contribution in [0.25, 0.3) is 10.6 Å². The maximum Gasteiger partial charge on any atom is 0.228 e. The molecule has 7 heteroatoms. The lowest BCUT2D eigenvalue weighted by molar-refractivity contribution is -0.133. The number of hydrogen-bond donors (Lipinski definition) is 1. The molecule has 1 saturated heterocycles. The van der Waals surface area contributed by atoms with Crippen LogP contribution in [-0.4, -0.2) is 48.1 Å². The highest BCUT2D eigenvalue weighted by Crippen LogP contribution is 2.25. The molecule has 3 rings (SSSR count). The van der Waals surface area contributed by atoms with Crippen molar-refractivity contribution in [3.8, 4) is 10.6 Å². The standard InChI is InChI=1S/C19H24FN3O2S/c20-15-4-1-3-14(11-15)19-22-16(13-26-19)12-18(24)23-8-5-17(6-9-23)25-10-2-7-21/h1,3-4,11,13,17H,2,5-10,12,21H2. The molecular formula is C19H24FN3O2S. The van der Waals surface area contributed by atoms with E-state index in [0.29, 0.717) is 26.2 Å². The molecule has 140 valence electrons. The Balaban J connectivity index is 1.50. The quantitative estimate of drug-likeness (QED) is 0.754. The molecule has 2 N–H and O–H groups in total. The topological polar surface area (TPSA) is 68.5 Å². The van der Waals surface area contributed by atoms with Gasteiger partial charge in [0.2, 0.25) is 5.91 Å². The average Bonchev–Trinajstić information content (AvgIpc) is 3.11. The predicted octanol–water partition coefficient (Wildman–Crippen LogP) is 2.85. The van der Waals surface area contributed by atoms with Crippen LogP contribution in [-0.2, 0) is 16.0 Å². The highest BCUT2D eigenvalue weighted by Gasteiger charge is 2.23. The first-order chi connectivity index (χ1) is 12.7. The summed E-state index contributed by atoms with van der Waals surface area (Å²) in [6.45, 7) is 2.76. The average molecular weight is 377 g/mol. The lowest BCUT2D eigenvalue weighted by Gasteiger charge is -2.32. The molecule has 1 aliphatic heterocycles. The van der Waals surface area contributed by atoms with Crippen LogP contribution in [0.2, 0.25) is 0 Å². The van der Waals surface area contributed by atoms with Crippen molar-refractivity contribution < 1.29 is 13.9 Å². The monoisotopic (exact) mass is 377 g/mol. The summed E-state index contributed by atoms with van der Waals surface area (Å²) in [5.74, 6) is -0.201. The molecule has 26 heavy (non-hydrogen) atoms. The molecule has 1 amide bonds. The van der Waals surface area contributed by atoms with Crippen molar-refractivity contribution in [3.05, 3.63) is 41.2 Å². The third-order valence-corrected chi connectivity index (χ3v) is 5.39. The van der Waals surface area contributed by atoms with Gasteiger partial charge in [0.1, 0.15) is 10.8 Å². The van der Waals surface area contributed by atoms with E-state index in [9.17, 15) is 9.18 Å². The Labute approximate surface area is 157 Å². The van der Waals surface area contributed by atoms with Crippen LogP contribution in [0.3, 0.4) is 0 Å². The summed E-state index contributed by atoms with van der Waals surface area (Å²) in [5.41, 5.74) is 6.95. The minimum atomic E-state index is -0.285. The minimum absolute atomic E-state index is 0.0847. The van der Waals surface area contributed by atoms with E-state index >= 15 is 0 Å². The van der Waals surface area contributed by atoms with Gasteiger partial charge in [-0.15, -0.1) is 11.3 Å². The summed E-state index contributed by atoms with van der Waals surface area (Å²) in [4.78, 5) is 18.9. The summed E-state index contributed by atoms with van der Waals surface area (Å²) in [6.07, 6.45) is 3.11. The Morgan fingerprint density at radius 2 is 2.19 bits per heavy atom. The number of hydrogen-bond acceptors (Lipinski definition) is 5. The van der Waals surface area contributed by atoms with Gasteiger partial charge in [-0.2, -0.15) is 0 Å². The summed E-state index contributed by atoms with van der Waals surface area (Å²) >= 11 is 1.43. The first-order valence-corrected chi connectivity index (χ1v) is 9.83. The third kappa shape index (κ3) is 5.09. The molecule has 0 spiro atoms. The van der Waals surface area contributed by atoms with Crippen molar-refractivity contribution in [1.82, 2.24) is 9.88 Å². The maximum atomic E-state index is 13.3. The van der Waals surface area contributed by atoms with Crippen LogP contribution in [0, 0.1) is 5.82 Å². The van der Waals surface area contributed by atoms with Gasteiger partial charge >= 0.3 is 0 Å². The molecular weight excluding hydrogens is 353 g/mol. The molecule has 0 unspecified atom stereocenters. The minimum Gasteiger partial charge on any atom is -0.378 e. The number of amides is 1. The van der Waals surface area contributed by atoms with Gasteiger partial charge in [0.25, 0.3) is 0 Å². The van der Waals surface area contributed by atoms with Crippen LogP contribution in [0.15, 0.2) is 29.6 Å². The zero-order valence-corrected chi connectivity index (χ0v) is 15.5. The highest BCUT2D eigenvalue weighted by molar-refractivity contribution is 7.13. The molecule has 2 heterocycles. The van der Waals surface area contributed by atoms with Crippen LogP contribution >= 0.6 is 11.3 Å². The number of nitrogens with two attached hydrogens (primary N) is 1. The first kappa shape index (κ1) is 18.9. The Kier molecular flexibility index (Phi) is 6.71. The van der Waals surface area contributed by atoms with E-state index in [1.54, 1.807) is 6.07 Å². The van der Waals surface area contributed by atoms with E-state index < -0.39 is 0 Å². The zero-order valence-electron chi connectivity index (χ0n) is 14.7. The van der Waals surface area contributed by atoms with Gasteiger partial charge < -0.3 is 15.4 Å². The number of thiazole rings is 1. The molecule has 0 bridgehead atoms. The molecule has 1 aromatic carbocycles. The van der Waals surface area contributed by atoms with Crippen molar-refractivity contribution in [2.24, 2.45) is 5.73 Å². The third-order valence-electron chi connectivity index (χ3n) is 4.45. The van der Waals surface area contributed by atoms with Crippen molar-refractivity contribution in [3.63, 3.8) is 0 Å². The van der Waals surface area contributed by atoms with Crippen molar-refractivity contribution >= 4 is 17.2 Å². The second-order valence-electron chi connectivity index (χ2n) is 6.42. The Morgan fingerprint density at radius 3 is 2.92 bits per heavy atom. The maximum absolute atomic E-state index is 13.3. The fourth-order valence-electron chi connectivity index (χ4n) is 3.01. The van der Waals surface area contributed by atoms with E-state index in [1.807, 2.05) is 16.3 Å². The summed E-state index contributed by atoms with van der Waals surface area (Å²) < 4.78 is 19.1. The first-order valence-electron chi connectivity index (χ1n) is 8.95. The van der Waals surface area contributed by atoms with Gasteiger partial charge in [0.05, 0.1) is 18.2 Å². The highest BCUT2D eigenvalue weighted by atomic mass is 32.1. The Hall–Kier alpha value is -1.83. The fraction of sp³-hybridized carbons (Fsp3) is 0.474. The number of aromatic nitrogens is 1. The van der Waals surface area contributed by atoms with E-state index in [4.69, 9.17) is 10.5 Å². The number of nitrogens with zero attached hydrogens (tertiary/aromatic N) is 2. The Bertz CT molecular complexity index is 729. The van der Waals surface area contributed by atoms with Crippen molar-refractivity contribution in [2.75, 3.05) is 26.2 Å². The van der Waals surface area contributed by atoms with Gasteiger partial charge in [-0.3, -0.25) is 4.79 Å². The van der Waals surface area contributed by atoms with Crippen LogP contribution in [0.5, 0.6) is 0 Å². The lowest BCUT2D eigenvalue weighted by atomic mass is 10.1. The summed E-state index contributed by atoms with van der Waals surface area (Å²) in [5, 5.41) is 2.61. The number of piperidine rings is 1. The summed E-state index contributed by atoms with van der Waals surface area (Å²) in [7, 11) is 0. The smallest absolute Gasteiger partial charge is 0.228 e. The SMILES string of the molecule is NCCCOC1CCN(C(=O)Cc2csc(-c3cccc(F)c3)n2)CC1. The van der Waals surface area contributed by atoms with Gasteiger partial charge in [0.15, 0.2) is 0 Å². The number of halogens is 1. The fourth-order valence-corrected chi connectivity index (χ4v) is 3.83. The van der Waals surface area contributed by atoms with Crippen LogP contribution in [0.4, 0.5) is 4.39 Å².